The Labute approximate surface area is 833 Å². The maximum absolute atomic E-state index is 11.2. The largest absolute Gasteiger partial charge is 0.512 e. The van der Waals surface area contributed by atoms with Gasteiger partial charge in [-0.1, -0.05) is 227 Å². The number of allylic oxidation sites excluding steroid dienone is 2. The number of aromatic nitrogens is 7. The van der Waals surface area contributed by atoms with Gasteiger partial charge in [-0.3, -0.25) is 9.78 Å². The van der Waals surface area contributed by atoms with Crippen LogP contribution in [0.25, 0.3) is 129 Å². The van der Waals surface area contributed by atoms with E-state index in [-0.39, 0.29) is 92.0 Å². The van der Waals surface area contributed by atoms with Crippen LogP contribution in [0.4, 0.5) is 0 Å². The van der Waals surface area contributed by atoms with Gasteiger partial charge in [0, 0.05) is 134 Å². The molecule has 0 amide bonds. The van der Waals surface area contributed by atoms with Crippen LogP contribution in [-0.4, -0.2) is 45.8 Å². The summed E-state index contributed by atoms with van der Waals surface area (Å²) in [6, 6.07) is 149. The molecule has 0 atom stereocenters. The van der Waals surface area contributed by atoms with E-state index in [1.54, 1.807) is 24.5 Å². The standard InChI is InChI=1S/C21H22N.2C18H14N.C17H12N.C12H10N.2C11H8N.C11H12O2.4Ir/c1-14(2)9-17-13-21(18-11-15(3)10-16(4)12-18)22-20-8-6-5-7-19(17)20;2*1-14-12-18(16-10-6-3-7-11-16)19-13-17(14)15-8-4-2-5-9-15;1-3-7-14(8-4-1)16-11-12-18-17(13-16)15-9-5-2-6-10-15;1-10-7-8-13-12(9-10)11-5-3-2-4-6-11;2*1-2-6-10(7-3-1)11-8-4-5-9-12-11;1-8(12)11(9(2)13)10-6-4-3-5-7-10;;;;/h5-8,10-11,13-14H,9H2,1-4H3;2*2-10,12-13H,1H3;1-9,11-13H;2-5,7-9H,1H3;2*1-6,8-9H;3-7,12H,1-2H3;;;;/q7*-1;;;;;. The molecule has 0 unspecified atom stereocenters. The molecule has 0 aliphatic heterocycles. The third-order valence-corrected chi connectivity index (χ3v) is 20.0. The van der Waals surface area contributed by atoms with Gasteiger partial charge in [0.1, 0.15) is 5.76 Å². The Morgan fingerprint density at radius 3 is 1.07 bits per heavy atom. The summed E-state index contributed by atoms with van der Waals surface area (Å²) in [7, 11) is 0. The monoisotopic (exact) mass is 2430 g/mol. The van der Waals surface area contributed by atoms with Crippen LogP contribution in [0.2, 0.25) is 0 Å². The number of carbonyl (C=O) groups excluding carboxylic acids is 1. The van der Waals surface area contributed by atoms with E-state index in [1.807, 2.05) is 292 Å². The van der Waals surface area contributed by atoms with E-state index in [2.05, 4.69) is 224 Å². The first-order valence-electron chi connectivity index (χ1n) is 42.6. The second-order valence-electron chi connectivity index (χ2n) is 30.5. The van der Waals surface area contributed by atoms with Crippen molar-refractivity contribution in [3.63, 3.8) is 0 Å². The van der Waals surface area contributed by atoms with Crippen LogP contribution >= 0.6 is 0 Å². The quantitative estimate of drug-likeness (QED) is 0.0643. The predicted octanol–water partition coefficient (Wildman–Crippen LogP) is 29.3. The maximum Gasteiger partial charge on any atom is 0.163 e. The minimum Gasteiger partial charge on any atom is -0.512 e. The number of aliphatic hydroxyl groups excluding tert-OH is 1. The van der Waals surface area contributed by atoms with Crippen LogP contribution in [0.3, 0.4) is 0 Å². The molecular weight excluding hydrogens is 2330 g/mol. The molecule has 0 aliphatic carbocycles. The number of Topliss-reactive ketones (excluding diaryl/α,β-unsaturated/α-hetero) is 1. The second kappa shape index (κ2) is 55.7. The minimum atomic E-state index is -0.119. The molecule has 7 heterocycles. The molecular formula is C119H100Ir4N7O2-7. The third kappa shape index (κ3) is 32.4. The van der Waals surface area contributed by atoms with Crippen molar-refractivity contribution in [1.82, 2.24) is 34.9 Å². The van der Waals surface area contributed by atoms with Crippen molar-refractivity contribution < 1.29 is 90.3 Å². The topological polar surface area (TPSA) is 128 Å². The number of aryl methyl sites for hydroxylation is 5. The molecule has 0 aliphatic rings. The number of para-hydroxylation sites is 1. The number of ketones is 1. The van der Waals surface area contributed by atoms with Gasteiger partial charge >= 0.3 is 0 Å². The number of benzene rings is 12. The fraction of sp³-hybridized carbons (Fsp3) is 0.0924. The summed E-state index contributed by atoms with van der Waals surface area (Å²) in [6.45, 7) is 18.0. The van der Waals surface area contributed by atoms with Gasteiger partial charge in [0.05, 0.1) is 11.1 Å². The summed E-state index contributed by atoms with van der Waals surface area (Å²) in [5, 5.41) is 10.6. The normalized spacial score (nSPS) is 10.2. The smallest absolute Gasteiger partial charge is 0.163 e. The van der Waals surface area contributed by atoms with Crippen molar-refractivity contribution in [2.24, 2.45) is 5.92 Å². The van der Waals surface area contributed by atoms with Crippen LogP contribution in [-0.2, 0) is 91.6 Å². The first-order valence-corrected chi connectivity index (χ1v) is 42.6. The van der Waals surface area contributed by atoms with E-state index in [0.29, 0.717) is 11.5 Å². The number of fused-ring (bicyclic) bond motifs is 1. The summed E-state index contributed by atoms with van der Waals surface area (Å²) in [5.74, 6) is 0.576. The van der Waals surface area contributed by atoms with Gasteiger partial charge < -0.3 is 35.0 Å². The molecule has 0 spiro atoms. The zero-order valence-corrected chi connectivity index (χ0v) is 84.5. The Kier molecular flexibility index (Phi) is 43.9. The maximum atomic E-state index is 11.2. The summed E-state index contributed by atoms with van der Waals surface area (Å²) in [5.41, 5.74) is 31.0. The van der Waals surface area contributed by atoms with Crippen molar-refractivity contribution in [3.05, 3.63) is 507 Å². The van der Waals surface area contributed by atoms with Crippen molar-refractivity contribution >= 4 is 22.3 Å². The number of nitrogens with zero attached hydrogens (tertiary/aromatic N) is 7. The summed E-state index contributed by atoms with van der Waals surface area (Å²) >= 11 is 0. The molecule has 0 saturated heterocycles. The Balaban J connectivity index is 0.000000187. The van der Waals surface area contributed by atoms with Crippen LogP contribution in [0.5, 0.6) is 0 Å². The van der Waals surface area contributed by atoms with Gasteiger partial charge in [-0.2, -0.15) is 0 Å². The van der Waals surface area contributed by atoms with E-state index < -0.39 is 0 Å². The van der Waals surface area contributed by atoms with Crippen molar-refractivity contribution in [2.75, 3.05) is 0 Å². The molecule has 12 aromatic carbocycles. The molecule has 1 N–H and O–H groups in total. The molecule has 13 heteroatoms. The fourth-order valence-corrected chi connectivity index (χ4v) is 14.0. The number of aliphatic hydroxyl groups is 1. The Morgan fingerprint density at radius 2 is 0.689 bits per heavy atom. The average molecular weight is 2430 g/mol. The van der Waals surface area contributed by atoms with E-state index in [1.165, 1.54) is 80.4 Å². The Hall–Kier alpha value is -13.2. The zero-order valence-electron chi connectivity index (χ0n) is 74.9. The van der Waals surface area contributed by atoms with Gasteiger partial charge in [0.15, 0.2) is 5.78 Å². The number of rotatable bonds is 14. The molecule has 9 nitrogen and oxygen atoms in total. The first kappa shape index (κ1) is 104. The first-order chi connectivity index (χ1) is 62.6. The van der Waals surface area contributed by atoms with Gasteiger partial charge in [-0.05, 0) is 162 Å². The van der Waals surface area contributed by atoms with Crippen molar-refractivity contribution in [2.45, 2.75) is 68.7 Å². The molecule has 4 radical (unpaired) electrons. The Bertz CT molecular complexity index is 6270. The number of hydrogen-bond donors (Lipinski definition) is 1. The van der Waals surface area contributed by atoms with Crippen LogP contribution in [0, 0.1) is 83.0 Å². The van der Waals surface area contributed by atoms with Gasteiger partial charge in [0.25, 0.3) is 0 Å². The minimum absolute atomic E-state index is 0. The molecule has 7 aromatic heterocycles. The average Bonchev–Trinajstić information content (AvgIpc) is 0.771. The van der Waals surface area contributed by atoms with E-state index >= 15 is 0 Å². The number of pyridine rings is 7. The van der Waals surface area contributed by atoms with E-state index in [0.717, 1.165) is 102 Å². The Morgan fingerprint density at radius 1 is 0.318 bits per heavy atom. The van der Waals surface area contributed by atoms with Gasteiger partial charge in [-0.15, -0.1) is 250 Å². The van der Waals surface area contributed by atoms with Crippen LogP contribution in [0.15, 0.2) is 425 Å². The summed E-state index contributed by atoms with van der Waals surface area (Å²) < 4.78 is 0. The summed E-state index contributed by atoms with van der Waals surface area (Å²) in [4.78, 5) is 42.3. The number of hydrogen-bond acceptors (Lipinski definition) is 9. The third-order valence-electron chi connectivity index (χ3n) is 20.0. The molecule has 132 heavy (non-hydrogen) atoms. The van der Waals surface area contributed by atoms with E-state index in [9.17, 15) is 9.90 Å². The molecule has 0 bridgehead atoms. The molecule has 19 rings (SSSR count). The SMILES string of the molecule is CC(=O)C(=C(C)O)c1ccccc1.Cc1[c-]c(-c2cc(CC(C)C)c3ccccc3n2)cc(C)c1.Cc1cc(-c2[c-]cccc2)ncc1-c1ccccc1.Cc1cc(-c2[c-]cccc2)ncc1-c1ccccc1.Cc1ccnc(-c2[c-]cccc2)c1.[Ir].[Ir].[Ir].[Ir].[c-]1ccccc1-c1cc(-c2ccccc2)ccn1.[c-]1ccccc1-c1ccccn1.[c-]1ccccc1-c1ccccn1. The molecule has 0 fully saturated rings. The number of carbonyl (C=O) groups is 1. The van der Waals surface area contributed by atoms with Gasteiger partial charge in [0.2, 0.25) is 0 Å². The van der Waals surface area contributed by atoms with E-state index in [4.69, 9.17) is 4.98 Å². The zero-order chi connectivity index (χ0) is 89.4. The molecule has 666 valence electrons. The second-order valence-corrected chi connectivity index (χ2v) is 30.5. The van der Waals surface area contributed by atoms with Crippen molar-refractivity contribution in [1.29, 1.82) is 0 Å². The fourth-order valence-electron chi connectivity index (χ4n) is 14.0. The van der Waals surface area contributed by atoms with Crippen LogP contribution < -0.4 is 0 Å². The van der Waals surface area contributed by atoms with Crippen LogP contribution in [0.1, 0.15) is 66.6 Å². The van der Waals surface area contributed by atoms with Crippen molar-refractivity contribution in [3.8, 4) is 112 Å². The predicted molar refractivity (Wildman–Crippen MR) is 528 cm³/mol. The molecule has 19 aromatic rings. The summed E-state index contributed by atoms with van der Waals surface area (Å²) in [6.07, 6.45) is 12.2. The van der Waals surface area contributed by atoms with Gasteiger partial charge in [-0.25, -0.2) is 0 Å². The molecule has 0 saturated carbocycles.